The topological polar surface area (TPSA) is 51.9 Å². The van der Waals surface area contributed by atoms with Gasteiger partial charge < -0.3 is 18.8 Å². The molecular weight excluding hydrogens is 282 g/mol. The molecule has 0 radical (unpaired) electrons. The number of amides is 1. The maximum Gasteiger partial charge on any atom is 0.257 e. The van der Waals surface area contributed by atoms with Gasteiger partial charge in [-0.3, -0.25) is 4.79 Å². The molecule has 0 aliphatic carbocycles. The van der Waals surface area contributed by atoms with Gasteiger partial charge in [-0.2, -0.15) is 0 Å². The van der Waals surface area contributed by atoms with E-state index in [1.165, 1.54) is 12.5 Å². The van der Waals surface area contributed by atoms with Gasteiger partial charge in [0.1, 0.15) is 17.8 Å². The van der Waals surface area contributed by atoms with Crippen LogP contribution in [0.3, 0.4) is 0 Å². The van der Waals surface area contributed by atoms with Crippen molar-refractivity contribution in [2.45, 2.75) is 18.9 Å². The van der Waals surface area contributed by atoms with E-state index in [1.54, 1.807) is 20.3 Å². The number of benzene rings is 1. The molecule has 1 aliphatic rings. The van der Waals surface area contributed by atoms with Gasteiger partial charge in [0.2, 0.25) is 0 Å². The summed E-state index contributed by atoms with van der Waals surface area (Å²) in [6.45, 7) is 0.731. The van der Waals surface area contributed by atoms with E-state index in [2.05, 4.69) is 0 Å². The Labute approximate surface area is 129 Å². The molecule has 2 aromatic rings. The van der Waals surface area contributed by atoms with Crippen LogP contribution in [0.4, 0.5) is 0 Å². The van der Waals surface area contributed by atoms with Crippen LogP contribution in [0.5, 0.6) is 11.5 Å². The molecule has 5 heteroatoms. The molecule has 116 valence electrons. The van der Waals surface area contributed by atoms with Crippen LogP contribution in [0.1, 0.15) is 34.8 Å². The van der Waals surface area contributed by atoms with Crippen LogP contribution in [-0.2, 0) is 0 Å². The van der Waals surface area contributed by atoms with E-state index in [0.717, 1.165) is 36.4 Å². The van der Waals surface area contributed by atoms with Gasteiger partial charge in [0.05, 0.1) is 32.1 Å². The summed E-state index contributed by atoms with van der Waals surface area (Å²) in [5.41, 5.74) is 1.56. The van der Waals surface area contributed by atoms with E-state index >= 15 is 0 Å². The van der Waals surface area contributed by atoms with Crippen molar-refractivity contribution in [2.75, 3.05) is 20.8 Å². The quantitative estimate of drug-likeness (QED) is 0.869. The number of carbonyl (C=O) groups excluding carboxylic acids is 1. The smallest absolute Gasteiger partial charge is 0.257 e. The van der Waals surface area contributed by atoms with E-state index < -0.39 is 0 Å². The fraction of sp³-hybridized carbons (Fsp3) is 0.353. The number of likely N-dealkylation sites (tertiary alicyclic amines) is 1. The minimum atomic E-state index is -0.0128. The van der Waals surface area contributed by atoms with Crippen molar-refractivity contribution in [2.24, 2.45) is 0 Å². The zero-order valence-electron chi connectivity index (χ0n) is 12.7. The predicted molar refractivity (Wildman–Crippen MR) is 81.3 cm³/mol. The van der Waals surface area contributed by atoms with Gasteiger partial charge in [0, 0.05) is 12.1 Å². The molecular formula is C17H19NO4. The first kappa shape index (κ1) is 14.5. The fourth-order valence-corrected chi connectivity index (χ4v) is 2.98. The van der Waals surface area contributed by atoms with Crippen molar-refractivity contribution in [1.29, 1.82) is 0 Å². The SMILES string of the molecule is COc1ccc(OC)c([C@H]2CCCN2C(=O)c2ccoc2)c1. The molecule has 0 bridgehead atoms. The number of methoxy groups -OCH3 is 2. The van der Waals surface area contributed by atoms with Crippen molar-refractivity contribution < 1.29 is 18.7 Å². The Morgan fingerprint density at radius 1 is 1.27 bits per heavy atom. The lowest BCUT2D eigenvalue weighted by Crippen LogP contribution is -2.30. The van der Waals surface area contributed by atoms with E-state index in [-0.39, 0.29) is 11.9 Å². The number of carbonyl (C=O) groups is 1. The normalized spacial score (nSPS) is 17.5. The summed E-state index contributed by atoms with van der Waals surface area (Å²) < 4.78 is 15.8. The predicted octanol–water partition coefficient (Wildman–Crippen LogP) is 3.27. The number of hydrogen-bond acceptors (Lipinski definition) is 4. The minimum Gasteiger partial charge on any atom is -0.497 e. The third-order valence-electron chi connectivity index (χ3n) is 4.08. The Balaban J connectivity index is 1.94. The lowest BCUT2D eigenvalue weighted by molar-refractivity contribution is 0.0733. The molecule has 0 unspecified atom stereocenters. The van der Waals surface area contributed by atoms with Crippen LogP contribution >= 0.6 is 0 Å². The molecule has 1 aromatic carbocycles. The molecule has 1 atom stereocenters. The van der Waals surface area contributed by atoms with E-state index in [1.807, 2.05) is 23.1 Å². The lowest BCUT2D eigenvalue weighted by Gasteiger charge is -2.26. The highest BCUT2D eigenvalue weighted by Crippen LogP contribution is 2.39. The van der Waals surface area contributed by atoms with Crippen LogP contribution < -0.4 is 9.47 Å². The van der Waals surface area contributed by atoms with Crippen molar-refractivity contribution >= 4 is 5.91 Å². The van der Waals surface area contributed by atoms with Crippen molar-refractivity contribution in [1.82, 2.24) is 4.90 Å². The van der Waals surface area contributed by atoms with Crippen molar-refractivity contribution in [3.05, 3.63) is 47.9 Å². The maximum absolute atomic E-state index is 12.6. The summed E-state index contributed by atoms with van der Waals surface area (Å²) in [4.78, 5) is 14.5. The fourth-order valence-electron chi connectivity index (χ4n) is 2.98. The van der Waals surface area contributed by atoms with Gasteiger partial charge in [-0.25, -0.2) is 0 Å². The summed E-state index contributed by atoms with van der Waals surface area (Å²) in [7, 11) is 3.27. The zero-order valence-corrected chi connectivity index (χ0v) is 12.7. The number of furan rings is 1. The molecule has 0 spiro atoms. The average Bonchev–Trinajstić information content (AvgIpc) is 3.24. The standard InChI is InChI=1S/C17H19NO4/c1-20-13-5-6-16(21-2)14(10-13)15-4-3-8-18(15)17(19)12-7-9-22-11-12/h5-7,9-11,15H,3-4,8H2,1-2H3/t15-/m1/s1. The number of ether oxygens (including phenoxy) is 2. The first-order valence-corrected chi connectivity index (χ1v) is 7.29. The summed E-state index contributed by atoms with van der Waals surface area (Å²) in [5.74, 6) is 1.53. The first-order valence-electron chi connectivity index (χ1n) is 7.29. The molecule has 5 nitrogen and oxygen atoms in total. The average molecular weight is 301 g/mol. The summed E-state index contributed by atoms with van der Waals surface area (Å²) >= 11 is 0. The van der Waals surface area contributed by atoms with Gasteiger partial charge in [-0.15, -0.1) is 0 Å². The second-order valence-electron chi connectivity index (χ2n) is 5.28. The van der Waals surface area contributed by atoms with E-state index in [4.69, 9.17) is 13.9 Å². The van der Waals surface area contributed by atoms with Crippen LogP contribution in [0.15, 0.2) is 41.2 Å². The molecule has 1 saturated heterocycles. The van der Waals surface area contributed by atoms with Crippen LogP contribution in [0.25, 0.3) is 0 Å². The molecule has 2 heterocycles. The second kappa shape index (κ2) is 6.13. The minimum absolute atomic E-state index is 0.00699. The molecule has 22 heavy (non-hydrogen) atoms. The highest BCUT2D eigenvalue weighted by molar-refractivity contribution is 5.94. The van der Waals surface area contributed by atoms with Gasteiger partial charge in [0.15, 0.2) is 0 Å². The molecule has 1 amide bonds. The van der Waals surface area contributed by atoms with Crippen molar-refractivity contribution in [3.8, 4) is 11.5 Å². The first-order chi connectivity index (χ1) is 10.7. The number of nitrogens with zero attached hydrogens (tertiary/aromatic N) is 1. The van der Waals surface area contributed by atoms with Gasteiger partial charge in [-0.05, 0) is 37.1 Å². The summed E-state index contributed by atoms with van der Waals surface area (Å²) in [6, 6.07) is 7.38. The van der Waals surface area contributed by atoms with E-state index in [0.29, 0.717) is 5.56 Å². The Kier molecular flexibility index (Phi) is 4.04. The van der Waals surface area contributed by atoms with Gasteiger partial charge >= 0.3 is 0 Å². The molecule has 0 N–H and O–H groups in total. The molecule has 0 saturated carbocycles. The van der Waals surface area contributed by atoms with Crippen LogP contribution in [0, 0.1) is 0 Å². The highest BCUT2D eigenvalue weighted by Gasteiger charge is 2.33. The lowest BCUT2D eigenvalue weighted by atomic mass is 10.0. The number of rotatable bonds is 4. The third-order valence-corrected chi connectivity index (χ3v) is 4.08. The zero-order chi connectivity index (χ0) is 15.5. The number of hydrogen-bond donors (Lipinski definition) is 0. The van der Waals surface area contributed by atoms with Gasteiger partial charge in [-0.1, -0.05) is 0 Å². The second-order valence-corrected chi connectivity index (χ2v) is 5.28. The summed E-state index contributed by atoms with van der Waals surface area (Å²) in [5, 5.41) is 0. The molecule has 1 aromatic heterocycles. The van der Waals surface area contributed by atoms with Crippen LogP contribution in [0.2, 0.25) is 0 Å². The maximum atomic E-state index is 12.6. The van der Waals surface area contributed by atoms with Gasteiger partial charge in [0.25, 0.3) is 5.91 Å². The third kappa shape index (κ3) is 2.54. The monoisotopic (exact) mass is 301 g/mol. The Morgan fingerprint density at radius 3 is 2.82 bits per heavy atom. The van der Waals surface area contributed by atoms with E-state index in [9.17, 15) is 4.79 Å². The molecule has 1 fully saturated rings. The molecule has 1 aliphatic heterocycles. The highest BCUT2D eigenvalue weighted by atomic mass is 16.5. The largest absolute Gasteiger partial charge is 0.497 e. The molecule has 3 rings (SSSR count). The van der Waals surface area contributed by atoms with Crippen LogP contribution in [-0.4, -0.2) is 31.6 Å². The Bertz CT molecular complexity index is 651. The summed E-state index contributed by atoms with van der Waals surface area (Å²) in [6.07, 6.45) is 4.88. The Morgan fingerprint density at radius 2 is 2.14 bits per heavy atom. The Hall–Kier alpha value is -2.43. The van der Waals surface area contributed by atoms with Crippen molar-refractivity contribution in [3.63, 3.8) is 0 Å².